The molecule has 0 atom stereocenters. The summed E-state index contributed by atoms with van der Waals surface area (Å²) in [6, 6.07) is 9.62. The maximum atomic E-state index is 11.7. The largest absolute Gasteiger partial charge is 0.508 e. The van der Waals surface area contributed by atoms with Gasteiger partial charge < -0.3 is 10.4 Å². The van der Waals surface area contributed by atoms with Gasteiger partial charge in [0.2, 0.25) is 0 Å². The van der Waals surface area contributed by atoms with Crippen molar-refractivity contribution >= 4 is 17.5 Å². The molecule has 0 spiro atoms. The molecule has 0 bridgehead atoms. The molecule has 0 unspecified atom stereocenters. The van der Waals surface area contributed by atoms with E-state index in [0.29, 0.717) is 11.5 Å². The van der Waals surface area contributed by atoms with Crippen LogP contribution in [0.2, 0.25) is 0 Å². The number of benzene rings is 1. The summed E-state index contributed by atoms with van der Waals surface area (Å²) in [7, 11) is 0. The lowest BCUT2D eigenvalue weighted by Crippen LogP contribution is -2.20. The molecule has 5 heteroatoms. The minimum absolute atomic E-state index is 0.170. The number of carbonyl (C=O) groups excluding carboxylic acids is 1. The standard InChI is InChI=1S/C13H13N3O2/c1-9-8-10(17)5-6-11(9)15-13(18)16-12-4-2-3-7-14-12/h2-8,17H,1H3,(H2,14,15,16,18). The predicted octanol–water partition coefficient (Wildman–Crippen LogP) is 2.74. The molecule has 92 valence electrons. The van der Waals surface area contributed by atoms with E-state index in [9.17, 15) is 9.90 Å². The van der Waals surface area contributed by atoms with Crippen LogP contribution >= 0.6 is 0 Å². The summed E-state index contributed by atoms with van der Waals surface area (Å²) in [4.78, 5) is 15.7. The van der Waals surface area contributed by atoms with Gasteiger partial charge in [0.15, 0.2) is 0 Å². The number of nitrogens with one attached hydrogen (secondary N) is 2. The Bertz CT molecular complexity index is 555. The molecule has 0 aliphatic heterocycles. The highest BCUT2D eigenvalue weighted by molar-refractivity contribution is 5.99. The predicted molar refractivity (Wildman–Crippen MR) is 69.7 cm³/mol. The monoisotopic (exact) mass is 243 g/mol. The number of aromatic hydroxyl groups is 1. The summed E-state index contributed by atoms with van der Waals surface area (Å²) in [6.07, 6.45) is 1.60. The summed E-state index contributed by atoms with van der Waals surface area (Å²) >= 11 is 0. The molecule has 2 aromatic rings. The maximum absolute atomic E-state index is 11.7. The second kappa shape index (κ2) is 5.18. The number of rotatable bonds is 2. The number of phenols is 1. The summed E-state index contributed by atoms with van der Waals surface area (Å²) in [6.45, 7) is 1.80. The fourth-order valence-corrected chi connectivity index (χ4v) is 1.49. The third-order valence-corrected chi connectivity index (χ3v) is 2.36. The highest BCUT2D eigenvalue weighted by Gasteiger charge is 2.05. The third kappa shape index (κ3) is 2.98. The minimum Gasteiger partial charge on any atom is -0.508 e. The van der Waals surface area contributed by atoms with E-state index in [4.69, 9.17) is 0 Å². The van der Waals surface area contributed by atoms with Crippen LogP contribution in [0.25, 0.3) is 0 Å². The molecule has 1 heterocycles. The fourth-order valence-electron chi connectivity index (χ4n) is 1.49. The Morgan fingerprint density at radius 2 is 2.06 bits per heavy atom. The van der Waals surface area contributed by atoms with E-state index in [1.54, 1.807) is 43.5 Å². The first-order chi connectivity index (χ1) is 8.65. The van der Waals surface area contributed by atoms with Crippen molar-refractivity contribution in [1.29, 1.82) is 0 Å². The molecule has 1 aromatic carbocycles. The zero-order valence-corrected chi connectivity index (χ0v) is 9.84. The van der Waals surface area contributed by atoms with Crippen LogP contribution in [0.5, 0.6) is 5.75 Å². The lowest BCUT2D eigenvalue weighted by Gasteiger charge is -2.09. The van der Waals surface area contributed by atoms with Crippen molar-refractivity contribution in [2.75, 3.05) is 10.6 Å². The van der Waals surface area contributed by atoms with E-state index >= 15 is 0 Å². The molecule has 0 saturated carbocycles. The molecule has 0 saturated heterocycles. The van der Waals surface area contributed by atoms with Crippen molar-refractivity contribution in [1.82, 2.24) is 4.98 Å². The smallest absolute Gasteiger partial charge is 0.324 e. The third-order valence-electron chi connectivity index (χ3n) is 2.36. The van der Waals surface area contributed by atoms with Gasteiger partial charge in [-0.15, -0.1) is 0 Å². The van der Waals surface area contributed by atoms with E-state index in [2.05, 4.69) is 15.6 Å². The maximum Gasteiger partial charge on any atom is 0.324 e. The first kappa shape index (κ1) is 11.9. The molecule has 0 aliphatic carbocycles. The van der Waals surface area contributed by atoms with Crippen LogP contribution < -0.4 is 10.6 Å². The number of anilines is 2. The van der Waals surface area contributed by atoms with Crippen LogP contribution in [0.15, 0.2) is 42.6 Å². The van der Waals surface area contributed by atoms with Gasteiger partial charge >= 0.3 is 6.03 Å². The Kier molecular flexibility index (Phi) is 3.43. The number of carbonyl (C=O) groups is 1. The van der Waals surface area contributed by atoms with Crippen molar-refractivity contribution < 1.29 is 9.90 Å². The van der Waals surface area contributed by atoms with Crippen LogP contribution in [0.3, 0.4) is 0 Å². The highest BCUT2D eigenvalue weighted by Crippen LogP contribution is 2.20. The molecule has 0 radical (unpaired) electrons. The van der Waals surface area contributed by atoms with Crippen molar-refractivity contribution in [2.45, 2.75) is 6.92 Å². The quantitative estimate of drug-likeness (QED) is 0.710. The summed E-state index contributed by atoms with van der Waals surface area (Å²) in [5, 5.41) is 14.6. The average molecular weight is 243 g/mol. The topological polar surface area (TPSA) is 74.2 Å². The molecule has 1 aromatic heterocycles. The Morgan fingerprint density at radius 3 is 2.72 bits per heavy atom. The van der Waals surface area contributed by atoms with Gasteiger partial charge in [-0.3, -0.25) is 5.32 Å². The Balaban J connectivity index is 2.03. The van der Waals surface area contributed by atoms with Crippen LogP contribution in [0.4, 0.5) is 16.3 Å². The molecular formula is C13H13N3O2. The zero-order chi connectivity index (χ0) is 13.0. The number of aryl methyl sites for hydroxylation is 1. The van der Waals surface area contributed by atoms with E-state index in [1.165, 1.54) is 6.07 Å². The SMILES string of the molecule is Cc1cc(O)ccc1NC(=O)Nc1ccccn1. The van der Waals surface area contributed by atoms with Crippen molar-refractivity contribution in [3.63, 3.8) is 0 Å². The highest BCUT2D eigenvalue weighted by atomic mass is 16.3. The molecule has 3 N–H and O–H groups in total. The first-order valence-corrected chi connectivity index (χ1v) is 5.44. The van der Waals surface area contributed by atoms with E-state index in [1.807, 2.05) is 0 Å². The number of phenolic OH excluding ortho intramolecular Hbond substituents is 1. The number of pyridine rings is 1. The molecule has 2 amide bonds. The molecule has 5 nitrogen and oxygen atoms in total. The normalized spacial score (nSPS) is 9.83. The van der Waals surface area contributed by atoms with Crippen LogP contribution in [-0.2, 0) is 0 Å². The molecule has 18 heavy (non-hydrogen) atoms. The Labute approximate surface area is 104 Å². The summed E-state index contributed by atoms with van der Waals surface area (Å²) in [5.41, 5.74) is 1.42. The van der Waals surface area contributed by atoms with Crippen LogP contribution in [0.1, 0.15) is 5.56 Å². The van der Waals surface area contributed by atoms with Gasteiger partial charge in [0.05, 0.1) is 0 Å². The minimum atomic E-state index is -0.373. The molecule has 0 fully saturated rings. The van der Waals surface area contributed by atoms with E-state index < -0.39 is 0 Å². The summed E-state index contributed by atoms with van der Waals surface area (Å²) in [5.74, 6) is 0.648. The van der Waals surface area contributed by atoms with E-state index in [-0.39, 0.29) is 11.8 Å². The fraction of sp³-hybridized carbons (Fsp3) is 0.0769. The van der Waals surface area contributed by atoms with Gasteiger partial charge in [0.1, 0.15) is 11.6 Å². The lowest BCUT2D eigenvalue weighted by molar-refractivity contribution is 0.262. The van der Waals surface area contributed by atoms with E-state index in [0.717, 1.165) is 5.56 Å². The van der Waals surface area contributed by atoms with Crippen molar-refractivity contribution in [3.8, 4) is 5.75 Å². The van der Waals surface area contributed by atoms with Gasteiger partial charge in [-0.05, 0) is 42.8 Å². The van der Waals surface area contributed by atoms with Gasteiger partial charge in [-0.25, -0.2) is 9.78 Å². The number of aromatic nitrogens is 1. The van der Waals surface area contributed by atoms with Gasteiger partial charge in [0, 0.05) is 11.9 Å². The first-order valence-electron chi connectivity index (χ1n) is 5.44. The van der Waals surface area contributed by atoms with Crippen molar-refractivity contribution in [2.24, 2.45) is 0 Å². The van der Waals surface area contributed by atoms with Gasteiger partial charge in [-0.1, -0.05) is 6.07 Å². The number of urea groups is 1. The molecule has 0 aliphatic rings. The van der Waals surface area contributed by atoms with Gasteiger partial charge in [0.25, 0.3) is 0 Å². The summed E-state index contributed by atoms with van der Waals surface area (Å²) < 4.78 is 0. The molecule has 2 rings (SSSR count). The second-order valence-corrected chi connectivity index (χ2v) is 3.79. The molecular weight excluding hydrogens is 230 g/mol. The van der Waals surface area contributed by atoms with Crippen LogP contribution in [0, 0.1) is 6.92 Å². The lowest BCUT2D eigenvalue weighted by atomic mass is 10.2. The zero-order valence-electron chi connectivity index (χ0n) is 9.84. The number of hydrogen-bond donors (Lipinski definition) is 3. The van der Waals surface area contributed by atoms with Crippen LogP contribution in [-0.4, -0.2) is 16.1 Å². The van der Waals surface area contributed by atoms with Gasteiger partial charge in [-0.2, -0.15) is 0 Å². The number of amides is 2. The second-order valence-electron chi connectivity index (χ2n) is 3.79. The Hall–Kier alpha value is -2.56. The number of hydrogen-bond acceptors (Lipinski definition) is 3. The Morgan fingerprint density at radius 1 is 1.22 bits per heavy atom. The van der Waals surface area contributed by atoms with Crippen molar-refractivity contribution in [3.05, 3.63) is 48.2 Å². The average Bonchev–Trinajstić information content (AvgIpc) is 2.34. The number of nitrogens with zero attached hydrogens (tertiary/aromatic N) is 1.